The van der Waals surface area contributed by atoms with Crippen molar-refractivity contribution in [3.63, 3.8) is 0 Å². The van der Waals surface area contributed by atoms with Crippen molar-refractivity contribution in [2.24, 2.45) is 0 Å². The van der Waals surface area contributed by atoms with E-state index in [1.54, 1.807) is 19.0 Å². The molecule has 0 saturated carbocycles. The number of aromatic carboxylic acids is 1. The number of carboxylic acids is 1. The molecule has 0 radical (unpaired) electrons. The normalized spacial score (nSPS) is 12.1. The highest BCUT2D eigenvalue weighted by molar-refractivity contribution is 5.88. The second-order valence-electron chi connectivity index (χ2n) is 3.74. The van der Waals surface area contributed by atoms with Crippen molar-refractivity contribution < 1.29 is 23.1 Å². The van der Waals surface area contributed by atoms with Crippen molar-refractivity contribution in [1.82, 2.24) is 14.7 Å². The van der Waals surface area contributed by atoms with Gasteiger partial charge in [0.15, 0.2) is 5.69 Å². The van der Waals surface area contributed by atoms with E-state index in [1.165, 1.54) is 0 Å². The predicted octanol–water partition coefficient (Wildman–Crippen LogP) is 1.16. The molecule has 0 unspecified atom stereocenters. The number of alkyl halides is 3. The van der Waals surface area contributed by atoms with Gasteiger partial charge in [-0.1, -0.05) is 0 Å². The zero-order valence-corrected chi connectivity index (χ0v) is 9.32. The van der Waals surface area contributed by atoms with E-state index in [4.69, 9.17) is 5.11 Å². The van der Waals surface area contributed by atoms with E-state index >= 15 is 0 Å². The molecule has 0 fully saturated rings. The van der Waals surface area contributed by atoms with Crippen LogP contribution >= 0.6 is 0 Å². The first-order chi connectivity index (χ1) is 7.73. The molecule has 1 heterocycles. The Kier molecular flexibility index (Phi) is 3.76. The van der Waals surface area contributed by atoms with Crippen LogP contribution < -0.4 is 0 Å². The molecule has 1 aromatic heterocycles. The molecule has 17 heavy (non-hydrogen) atoms. The maximum absolute atomic E-state index is 12.7. The van der Waals surface area contributed by atoms with Gasteiger partial charge >= 0.3 is 12.1 Å². The van der Waals surface area contributed by atoms with Crippen LogP contribution in [0, 0.1) is 0 Å². The Morgan fingerprint density at radius 2 is 2.12 bits per heavy atom. The van der Waals surface area contributed by atoms with E-state index in [-0.39, 0.29) is 6.54 Å². The highest BCUT2D eigenvalue weighted by Gasteiger charge is 2.40. The summed E-state index contributed by atoms with van der Waals surface area (Å²) in [4.78, 5) is 12.3. The monoisotopic (exact) mass is 251 g/mol. The average Bonchev–Trinajstić information content (AvgIpc) is 2.57. The van der Waals surface area contributed by atoms with Crippen molar-refractivity contribution >= 4 is 5.97 Å². The van der Waals surface area contributed by atoms with Crippen LogP contribution in [0.1, 0.15) is 16.1 Å². The maximum atomic E-state index is 12.7. The summed E-state index contributed by atoms with van der Waals surface area (Å²) in [5, 5.41) is 12.1. The smallest absolute Gasteiger partial charge is 0.433 e. The minimum atomic E-state index is -4.73. The topological polar surface area (TPSA) is 58.4 Å². The molecule has 0 saturated heterocycles. The molecule has 1 N–H and O–H groups in total. The fraction of sp³-hybridized carbons (Fsp3) is 0.556. The third-order valence-corrected chi connectivity index (χ3v) is 2.10. The number of carboxylic acid groups (broad SMARTS) is 1. The summed E-state index contributed by atoms with van der Waals surface area (Å²) in [6.07, 6.45) is -4.00. The Bertz CT molecular complexity index is 412. The van der Waals surface area contributed by atoms with Gasteiger partial charge < -0.3 is 10.0 Å². The van der Waals surface area contributed by atoms with Gasteiger partial charge in [-0.15, -0.1) is 0 Å². The molecular formula is C9H12F3N3O2. The van der Waals surface area contributed by atoms with Gasteiger partial charge in [0.2, 0.25) is 0 Å². The third-order valence-electron chi connectivity index (χ3n) is 2.10. The third kappa shape index (κ3) is 3.19. The number of aromatic nitrogens is 2. The molecule has 0 bridgehead atoms. The van der Waals surface area contributed by atoms with Crippen molar-refractivity contribution in [3.8, 4) is 0 Å². The van der Waals surface area contributed by atoms with Crippen molar-refractivity contribution in [2.45, 2.75) is 12.7 Å². The van der Waals surface area contributed by atoms with E-state index in [1.807, 2.05) is 0 Å². The molecule has 0 spiro atoms. The van der Waals surface area contributed by atoms with Crippen molar-refractivity contribution in [1.29, 1.82) is 0 Å². The fourth-order valence-electron chi connectivity index (χ4n) is 1.31. The lowest BCUT2D eigenvalue weighted by Gasteiger charge is -2.14. The molecule has 0 aliphatic heterocycles. The van der Waals surface area contributed by atoms with E-state index in [2.05, 4.69) is 5.10 Å². The molecule has 8 heteroatoms. The molecule has 0 atom stereocenters. The predicted molar refractivity (Wildman–Crippen MR) is 52.7 cm³/mol. The van der Waals surface area contributed by atoms with Gasteiger partial charge in [-0.05, 0) is 14.1 Å². The minimum Gasteiger partial charge on any atom is -0.478 e. The van der Waals surface area contributed by atoms with Crippen LogP contribution in [-0.4, -0.2) is 46.4 Å². The highest BCUT2D eigenvalue weighted by Crippen LogP contribution is 2.31. The van der Waals surface area contributed by atoms with Crippen LogP contribution in [0.15, 0.2) is 6.20 Å². The Hall–Kier alpha value is -1.57. The lowest BCUT2D eigenvalue weighted by Crippen LogP contribution is -2.24. The van der Waals surface area contributed by atoms with Gasteiger partial charge in [0, 0.05) is 6.54 Å². The quantitative estimate of drug-likeness (QED) is 0.872. The summed E-state index contributed by atoms with van der Waals surface area (Å²) in [7, 11) is 3.41. The van der Waals surface area contributed by atoms with E-state index in [0.717, 1.165) is 6.20 Å². The number of nitrogens with zero attached hydrogens (tertiary/aromatic N) is 3. The lowest BCUT2D eigenvalue weighted by atomic mass is 10.2. The zero-order valence-electron chi connectivity index (χ0n) is 9.32. The lowest BCUT2D eigenvalue weighted by molar-refractivity contribution is -0.144. The Morgan fingerprint density at radius 3 is 2.53 bits per heavy atom. The largest absolute Gasteiger partial charge is 0.478 e. The van der Waals surface area contributed by atoms with Crippen LogP contribution in [0.3, 0.4) is 0 Å². The zero-order chi connectivity index (χ0) is 13.2. The van der Waals surface area contributed by atoms with Crippen LogP contribution in [0.2, 0.25) is 0 Å². The summed E-state index contributed by atoms with van der Waals surface area (Å²) in [5.41, 5.74) is -2.04. The van der Waals surface area contributed by atoms with Crippen molar-refractivity contribution in [2.75, 3.05) is 20.6 Å². The summed E-state index contributed by atoms with van der Waals surface area (Å²) >= 11 is 0. The van der Waals surface area contributed by atoms with Gasteiger partial charge in [-0.2, -0.15) is 18.3 Å². The van der Waals surface area contributed by atoms with Crippen LogP contribution in [0.5, 0.6) is 0 Å². The molecule has 0 aromatic carbocycles. The number of halogens is 3. The minimum absolute atomic E-state index is 0.0187. The second-order valence-corrected chi connectivity index (χ2v) is 3.74. The van der Waals surface area contributed by atoms with Gasteiger partial charge in [0.1, 0.15) is 5.56 Å². The van der Waals surface area contributed by atoms with Gasteiger partial charge in [0.05, 0.1) is 12.7 Å². The maximum Gasteiger partial charge on any atom is 0.433 e. The van der Waals surface area contributed by atoms with E-state index in [0.29, 0.717) is 11.2 Å². The van der Waals surface area contributed by atoms with E-state index < -0.39 is 23.4 Å². The van der Waals surface area contributed by atoms with Gasteiger partial charge in [-0.25, -0.2) is 4.79 Å². The fourth-order valence-corrected chi connectivity index (χ4v) is 1.31. The van der Waals surface area contributed by atoms with Gasteiger partial charge in [-0.3, -0.25) is 4.68 Å². The molecule has 5 nitrogen and oxygen atoms in total. The summed E-state index contributed by atoms with van der Waals surface area (Å²) in [6, 6.07) is 0. The number of carbonyl (C=O) groups is 1. The Balaban J connectivity index is 3.10. The Labute approximate surface area is 95.4 Å². The molecule has 0 aliphatic carbocycles. The molecule has 0 aliphatic rings. The average molecular weight is 251 g/mol. The highest BCUT2D eigenvalue weighted by atomic mass is 19.4. The standard InChI is InChI=1S/C9H12F3N3O2/c1-14(2)3-4-15-7(9(10,11)12)6(5-13-15)8(16)17/h5H,3-4H2,1-2H3,(H,16,17). The number of rotatable bonds is 4. The van der Waals surface area contributed by atoms with Crippen LogP contribution in [-0.2, 0) is 12.7 Å². The van der Waals surface area contributed by atoms with Crippen molar-refractivity contribution in [3.05, 3.63) is 17.5 Å². The SMILES string of the molecule is CN(C)CCn1ncc(C(=O)O)c1C(F)(F)F. The molecule has 1 rings (SSSR count). The van der Waals surface area contributed by atoms with Gasteiger partial charge in [0.25, 0.3) is 0 Å². The molecule has 0 amide bonds. The summed E-state index contributed by atoms with van der Waals surface area (Å²) < 4.78 is 38.7. The summed E-state index contributed by atoms with van der Waals surface area (Å²) in [5.74, 6) is -1.63. The Morgan fingerprint density at radius 1 is 1.53 bits per heavy atom. The number of hydrogen-bond donors (Lipinski definition) is 1. The molecule has 1 aromatic rings. The second kappa shape index (κ2) is 4.74. The first-order valence-electron chi connectivity index (χ1n) is 4.74. The first-order valence-corrected chi connectivity index (χ1v) is 4.74. The molecular weight excluding hydrogens is 239 g/mol. The number of hydrogen-bond acceptors (Lipinski definition) is 3. The van der Waals surface area contributed by atoms with Crippen LogP contribution in [0.25, 0.3) is 0 Å². The van der Waals surface area contributed by atoms with E-state index in [9.17, 15) is 18.0 Å². The molecule has 96 valence electrons. The number of likely N-dealkylation sites (N-methyl/N-ethyl adjacent to an activating group) is 1. The first kappa shape index (κ1) is 13.5. The van der Waals surface area contributed by atoms with Crippen LogP contribution in [0.4, 0.5) is 13.2 Å². The summed E-state index contributed by atoms with van der Waals surface area (Å²) in [6.45, 7) is 0.318.